The first-order chi connectivity index (χ1) is 12.1. The lowest BCUT2D eigenvalue weighted by molar-refractivity contribution is 0.0443. The minimum absolute atomic E-state index is 0.334. The summed E-state index contributed by atoms with van der Waals surface area (Å²) in [6.07, 6.45) is -0.462. The number of rotatable bonds is 7. The normalized spacial score (nSPS) is 17.9. The lowest BCUT2D eigenvalue weighted by Crippen LogP contribution is -2.49. The highest BCUT2D eigenvalue weighted by Crippen LogP contribution is 2.25. The van der Waals surface area contributed by atoms with Crippen molar-refractivity contribution in [3.63, 3.8) is 0 Å². The number of hydrogen-bond acceptors (Lipinski definition) is 4. The first-order valence-corrected chi connectivity index (χ1v) is 9.35. The van der Waals surface area contributed by atoms with Gasteiger partial charge in [0.05, 0.1) is 0 Å². The predicted molar refractivity (Wildman–Crippen MR) is 103 cm³/mol. The average Bonchev–Trinajstić information content (AvgIpc) is 2.61. The maximum Gasteiger partial charge on any atom is 0.127 e. The molecule has 1 atom stereocenters. The SMILES string of the molecule is CC(C)CN1CCN(CC(O)COc2cccc3ccccc23)CC1. The molecule has 4 nitrogen and oxygen atoms in total. The van der Waals surface area contributed by atoms with E-state index in [4.69, 9.17) is 4.74 Å². The molecule has 2 aromatic carbocycles. The third-order valence-electron chi connectivity index (χ3n) is 4.74. The summed E-state index contributed by atoms with van der Waals surface area (Å²) in [5.41, 5.74) is 0. The van der Waals surface area contributed by atoms with Crippen LogP contribution in [-0.2, 0) is 0 Å². The summed E-state index contributed by atoms with van der Waals surface area (Å²) < 4.78 is 5.91. The Labute approximate surface area is 151 Å². The third kappa shape index (κ3) is 5.18. The molecule has 0 amide bonds. The minimum atomic E-state index is -0.462. The number of nitrogens with zero attached hydrogens (tertiary/aromatic N) is 2. The average molecular weight is 342 g/mol. The molecule has 0 spiro atoms. The maximum absolute atomic E-state index is 10.4. The first-order valence-electron chi connectivity index (χ1n) is 9.35. The van der Waals surface area contributed by atoms with Crippen LogP contribution >= 0.6 is 0 Å². The number of piperazine rings is 1. The first kappa shape index (κ1) is 18.2. The summed E-state index contributed by atoms with van der Waals surface area (Å²) in [7, 11) is 0. The second kappa shape index (κ2) is 8.65. The van der Waals surface area contributed by atoms with Crippen LogP contribution in [-0.4, -0.2) is 66.9 Å². The zero-order chi connectivity index (χ0) is 17.6. The molecular formula is C21H30N2O2. The fourth-order valence-corrected chi connectivity index (χ4v) is 3.53. The van der Waals surface area contributed by atoms with Crippen molar-refractivity contribution in [2.24, 2.45) is 5.92 Å². The van der Waals surface area contributed by atoms with Crippen molar-refractivity contribution in [2.45, 2.75) is 20.0 Å². The summed E-state index contributed by atoms with van der Waals surface area (Å²) in [5.74, 6) is 1.56. The summed E-state index contributed by atoms with van der Waals surface area (Å²) in [6, 6.07) is 14.2. The molecular weight excluding hydrogens is 312 g/mol. The monoisotopic (exact) mass is 342 g/mol. The van der Waals surface area contributed by atoms with Crippen LogP contribution in [0.4, 0.5) is 0 Å². The van der Waals surface area contributed by atoms with Gasteiger partial charge in [-0.1, -0.05) is 50.2 Å². The van der Waals surface area contributed by atoms with Crippen LogP contribution in [0.3, 0.4) is 0 Å². The van der Waals surface area contributed by atoms with Gasteiger partial charge in [0.15, 0.2) is 0 Å². The van der Waals surface area contributed by atoms with E-state index in [-0.39, 0.29) is 0 Å². The molecule has 0 aliphatic carbocycles. The van der Waals surface area contributed by atoms with E-state index < -0.39 is 6.10 Å². The Bertz CT molecular complexity index is 660. The summed E-state index contributed by atoms with van der Waals surface area (Å²) >= 11 is 0. The largest absolute Gasteiger partial charge is 0.490 e. The molecule has 1 heterocycles. The number of fused-ring (bicyclic) bond motifs is 1. The number of hydrogen-bond donors (Lipinski definition) is 1. The van der Waals surface area contributed by atoms with Gasteiger partial charge in [0.1, 0.15) is 18.5 Å². The van der Waals surface area contributed by atoms with Gasteiger partial charge < -0.3 is 14.7 Å². The van der Waals surface area contributed by atoms with E-state index >= 15 is 0 Å². The molecule has 0 radical (unpaired) electrons. The Hall–Kier alpha value is -1.62. The fraction of sp³-hybridized carbons (Fsp3) is 0.524. The molecule has 3 rings (SSSR count). The van der Waals surface area contributed by atoms with Gasteiger partial charge in [-0.05, 0) is 17.4 Å². The van der Waals surface area contributed by atoms with Crippen molar-refractivity contribution < 1.29 is 9.84 Å². The Kier molecular flexibility index (Phi) is 6.29. The van der Waals surface area contributed by atoms with Crippen LogP contribution in [0.25, 0.3) is 10.8 Å². The fourth-order valence-electron chi connectivity index (χ4n) is 3.53. The minimum Gasteiger partial charge on any atom is -0.490 e. The van der Waals surface area contributed by atoms with Gasteiger partial charge in [-0.2, -0.15) is 0 Å². The molecule has 1 aliphatic rings. The molecule has 25 heavy (non-hydrogen) atoms. The zero-order valence-electron chi connectivity index (χ0n) is 15.4. The number of aliphatic hydroxyl groups excluding tert-OH is 1. The molecule has 1 saturated heterocycles. The van der Waals surface area contributed by atoms with Crippen LogP contribution in [0.1, 0.15) is 13.8 Å². The second-order valence-electron chi connectivity index (χ2n) is 7.44. The van der Waals surface area contributed by atoms with Gasteiger partial charge in [-0.25, -0.2) is 0 Å². The van der Waals surface area contributed by atoms with Crippen LogP contribution in [0.5, 0.6) is 5.75 Å². The van der Waals surface area contributed by atoms with E-state index in [9.17, 15) is 5.11 Å². The summed E-state index contributed by atoms with van der Waals surface area (Å²) in [4.78, 5) is 4.86. The van der Waals surface area contributed by atoms with Gasteiger partial charge in [0.25, 0.3) is 0 Å². The Morgan fingerprint density at radius 3 is 2.28 bits per heavy atom. The van der Waals surface area contributed by atoms with Crippen molar-refractivity contribution in [1.82, 2.24) is 9.80 Å². The molecule has 1 N–H and O–H groups in total. The van der Waals surface area contributed by atoms with Crippen LogP contribution in [0.2, 0.25) is 0 Å². The highest BCUT2D eigenvalue weighted by Gasteiger charge is 2.20. The summed E-state index contributed by atoms with van der Waals surface area (Å²) in [6.45, 7) is 10.9. The van der Waals surface area contributed by atoms with Crippen LogP contribution in [0, 0.1) is 5.92 Å². The van der Waals surface area contributed by atoms with E-state index in [0.29, 0.717) is 19.1 Å². The Morgan fingerprint density at radius 1 is 0.920 bits per heavy atom. The molecule has 0 bridgehead atoms. The van der Waals surface area contributed by atoms with Gasteiger partial charge in [0, 0.05) is 44.7 Å². The van der Waals surface area contributed by atoms with E-state index in [1.54, 1.807) is 0 Å². The standard InChI is InChI=1S/C21H30N2O2/c1-17(2)14-22-10-12-23(13-11-22)15-19(24)16-25-21-9-5-7-18-6-3-4-8-20(18)21/h3-9,17,19,24H,10-16H2,1-2H3. The quantitative estimate of drug-likeness (QED) is 0.839. The van der Waals surface area contributed by atoms with Crippen molar-refractivity contribution in [3.8, 4) is 5.75 Å². The molecule has 2 aromatic rings. The van der Waals surface area contributed by atoms with E-state index in [1.165, 1.54) is 6.54 Å². The molecule has 0 saturated carbocycles. The maximum atomic E-state index is 10.4. The van der Waals surface area contributed by atoms with Crippen molar-refractivity contribution in [3.05, 3.63) is 42.5 Å². The molecule has 1 unspecified atom stereocenters. The smallest absolute Gasteiger partial charge is 0.127 e. The van der Waals surface area contributed by atoms with Gasteiger partial charge >= 0.3 is 0 Å². The van der Waals surface area contributed by atoms with Crippen molar-refractivity contribution in [2.75, 3.05) is 45.9 Å². The summed E-state index contributed by atoms with van der Waals surface area (Å²) in [5, 5.41) is 12.6. The number of benzene rings is 2. The molecule has 4 heteroatoms. The molecule has 0 aromatic heterocycles. The van der Waals surface area contributed by atoms with Gasteiger partial charge in [0.2, 0.25) is 0 Å². The Morgan fingerprint density at radius 2 is 1.56 bits per heavy atom. The lowest BCUT2D eigenvalue weighted by Gasteiger charge is -2.36. The number of ether oxygens (including phenoxy) is 1. The zero-order valence-corrected chi connectivity index (χ0v) is 15.4. The van der Waals surface area contributed by atoms with Crippen molar-refractivity contribution in [1.29, 1.82) is 0 Å². The Balaban J connectivity index is 1.46. The van der Waals surface area contributed by atoms with E-state index in [2.05, 4.69) is 41.8 Å². The van der Waals surface area contributed by atoms with E-state index in [1.807, 2.05) is 24.3 Å². The topological polar surface area (TPSA) is 35.9 Å². The van der Waals surface area contributed by atoms with Gasteiger partial charge in [-0.3, -0.25) is 4.90 Å². The molecule has 136 valence electrons. The van der Waals surface area contributed by atoms with Crippen LogP contribution < -0.4 is 4.74 Å². The molecule has 1 fully saturated rings. The van der Waals surface area contributed by atoms with Gasteiger partial charge in [-0.15, -0.1) is 0 Å². The lowest BCUT2D eigenvalue weighted by atomic mass is 10.1. The van der Waals surface area contributed by atoms with Crippen LogP contribution in [0.15, 0.2) is 42.5 Å². The molecule has 1 aliphatic heterocycles. The van der Waals surface area contributed by atoms with Crippen molar-refractivity contribution >= 4 is 10.8 Å². The third-order valence-corrected chi connectivity index (χ3v) is 4.74. The second-order valence-corrected chi connectivity index (χ2v) is 7.44. The highest BCUT2D eigenvalue weighted by atomic mass is 16.5. The highest BCUT2D eigenvalue weighted by molar-refractivity contribution is 5.88. The van der Waals surface area contributed by atoms with E-state index in [0.717, 1.165) is 42.7 Å². The predicted octanol–water partition coefficient (Wildman–Crippen LogP) is 2.85. The number of β-amino-alcohol motifs (C(OH)–C–C–N with tert-alkyl or cyclic N) is 1. The number of aliphatic hydroxyl groups is 1.